The van der Waals surface area contributed by atoms with E-state index in [4.69, 9.17) is 30.9 Å². The number of carbonyl (C=O) groups is 1. The van der Waals surface area contributed by atoms with Crippen molar-refractivity contribution >= 4 is 28.9 Å². The monoisotopic (exact) mass is 403 g/mol. The Bertz CT molecular complexity index is 687. The second kappa shape index (κ2) is 10.5. The largest absolute Gasteiger partial charge is 0.479 e. The van der Waals surface area contributed by atoms with E-state index in [1.54, 1.807) is 0 Å². The van der Waals surface area contributed by atoms with Crippen molar-refractivity contribution in [1.82, 2.24) is 4.98 Å². The van der Waals surface area contributed by atoms with Gasteiger partial charge >= 0.3 is 5.97 Å². The number of benzene rings is 1. The third kappa shape index (κ3) is 6.30. The summed E-state index contributed by atoms with van der Waals surface area (Å²) in [6.45, 7) is 0.847. The maximum Gasteiger partial charge on any atom is 0.350 e. The van der Waals surface area contributed by atoms with Gasteiger partial charge in [-0.25, -0.2) is 14.2 Å². The second-order valence-corrected chi connectivity index (χ2v) is 6.74. The van der Waals surface area contributed by atoms with Gasteiger partial charge < -0.3 is 19.3 Å². The molecule has 0 spiro atoms. The average Bonchev–Trinajstić information content (AvgIpc) is 3.07. The van der Waals surface area contributed by atoms with Crippen molar-refractivity contribution in [2.45, 2.75) is 12.3 Å². The van der Waals surface area contributed by atoms with Crippen LogP contribution in [0.15, 0.2) is 35.7 Å². The van der Waals surface area contributed by atoms with Crippen LogP contribution in [0.3, 0.4) is 0 Å². The van der Waals surface area contributed by atoms with Gasteiger partial charge in [0.05, 0.1) is 39.6 Å². The van der Waals surface area contributed by atoms with E-state index >= 15 is 0 Å². The van der Waals surface area contributed by atoms with Gasteiger partial charge in [0.25, 0.3) is 5.67 Å². The summed E-state index contributed by atoms with van der Waals surface area (Å²) in [7, 11) is 0. The molecule has 0 fully saturated rings. The van der Waals surface area contributed by atoms with E-state index in [2.05, 4.69) is 4.98 Å². The Balaban J connectivity index is 1.58. The number of nitrogens with zero attached hydrogens (tertiary/aromatic N) is 1. The van der Waals surface area contributed by atoms with Gasteiger partial charge in [0, 0.05) is 5.38 Å². The number of alkyl halides is 1. The first-order chi connectivity index (χ1) is 12.5. The summed E-state index contributed by atoms with van der Waals surface area (Å²) >= 11 is 6.59. The van der Waals surface area contributed by atoms with E-state index in [-0.39, 0.29) is 23.4 Å². The van der Waals surface area contributed by atoms with Crippen LogP contribution in [-0.4, -0.2) is 49.1 Å². The molecule has 0 bridgehead atoms. The lowest BCUT2D eigenvalue weighted by Crippen LogP contribution is -2.36. The predicted molar refractivity (Wildman–Crippen MR) is 95.3 cm³/mol. The Kier molecular flexibility index (Phi) is 8.40. The summed E-state index contributed by atoms with van der Waals surface area (Å²) in [5, 5.41) is 10.4. The predicted octanol–water partition coefficient (Wildman–Crippen LogP) is 3.30. The van der Waals surface area contributed by atoms with Gasteiger partial charge in [-0.2, -0.15) is 0 Å². The van der Waals surface area contributed by atoms with Gasteiger partial charge in [0.15, 0.2) is 4.47 Å². The molecule has 0 aliphatic rings. The van der Waals surface area contributed by atoms with Crippen molar-refractivity contribution in [3.63, 3.8) is 0 Å². The van der Waals surface area contributed by atoms with Crippen LogP contribution in [0.2, 0.25) is 4.47 Å². The molecular weight excluding hydrogens is 385 g/mol. The number of halogens is 2. The fourth-order valence-electron chi connectivity index (χ4n) is 1.99. The average molecular weight is 404 g/mol. The third-order valence-electron chi connectivity index (χ3n) is 3.38. The zero-order valence-corrected chi connectivity index (χ0v) is 15.5. The van der Waals surface area contributed by atoms with Crippen LogP contribution < -0.4 is 0 Å². The molecule has 2 aromatic rings. The highest BCUT2D eigenvalue weighted by Gasteiger charge is 2.43. The Morgan fingerprint density at radius 3 is 2.42 bits per heavy atom. The molecule has 1 aromatic carbocycles. The Morgan fingerprint density at radius 1 is 1.15 bits per heavy atom. The van der Waals surface area contributed by atoms with Crippen molar-refractivity contribution < 1.29 is 28.5 Å². The number of aromatic nitrogens is 1. The fourth-order valence-corrected chi connectivity index (χ4v) is 2.82. The van der Waals surface area contributed by atoms with E-state index < -0.39 is 18.2 Å². The molecule has 0 saturated heterocycles. The minimum absolute atomic E-state index is 0.0511. The lowest BCUT2D eigenvalue weighted by molar-refractivity contribution is -0.157. The Labute approximate surface area is 159 Å². The highest BCUT2D eigenvalue weighted by Crippen LogP contribution is 2.29. The van der Waals surface area contributed by atoms with Gasteiger partial charge in [-0.3, -0.25) is 0 Å². The number of hydrogen-bond acceptors (Lipinski definition) is 6. The lowest BCUT2D eigenvalue weighted by atomic mass is 10.1. The molecule has 0 aliphatic carbocycles. The molecule has 6 nitrogen and oxygen atoms in total. The van der Waals surface area contributed by atoms with Crippen LogP contribution >= 0.6 is 22.9 Å². The molecule has 0 amide bonds. The molecule has 1 unspecified atom stereocenters. The number of carboxylic acid groups (broad SMARTS) is 1. The van der Waals surface area contributed by atoms with Gasteiger partial charge in [0.2, 0.25) is 0 Å². The molecule has 0 radical (unpaired) electrons. The van der Waals surface area contributed by atoms with E-state index in [1.165, 1.54) is 5.38 Å². The highest BCUT2D eigenvalue weighted by molar-refractivity contribution is 7.14. The van der Waals surface area contributed by atoms with Gasteiger partial charge in [-0.05, 0) is 5.56 Å². The highest BCUT2D eigenvalue weighted by atomic mass is 35.5. The Hall–Kier alpha value is -1.58. The van der Waals surface area contributed by atoms with E-state index in [1.807, 2.05) is 30.3 Å². The number of hydrogen-bond donors (Lipinski definition) is 1. The summed E-state index contributed by atoms with van der Waals surface area (Å²) in [5.74, 6) is -1.67. The lowest BCUT2D eigenvalue weighted by Gasteiger charge is -2.18. The number of thiazole rings is 1. The zero-order valence-electron chi connectivity index (χ0n) is 13.9. The summed E-state index contributed by atoms with van der Waals surface area (Å²) in [4.78, 5) is 14.9. The van der Waals surface area contributed by atoms with Crippen LogP contribution in [0.1, 0.15) is 11.3 Å². The molecule has 26 heavy (non-hydrogen) atoms. The SMILES string of the molecule is O=C(O)C(F)(COCCOCCOCc1ccccc1)c1csc(Cl)n1. The number of ether oxygens (including phenoxy) is 3. The van der Waals surface area contributed by atoms with Crippen molar-refractivity contribution in [3.8, 4) is 0 Å². The molecule has 1 aromatic heterocycles. The standard InChI is InChI=1S/C17H19ClFNO5S/c18-16-20-14(11-26-16)17(19,15(21)22)12-25-9-7-23-6-8-24-10-13-4-2-1-3-5-13/h1-5,11H,6-10,12H2,(H,21,22). The van der Waals surface area contributed by atoms with Crippen LogP contribution in [0, 0.1) is 0 Å². The normalized spacial score (nSPS) is 13.5. The van der Waals surface area contributed by atoms with Crippen molar-refractivity contribution in [3.05, 3.63) is 51.4 Å². The second-order valence-electron chi connectivity index (χ2n) is 5.30. The minimum Gasteiger partial charge on any atom is -0.479 e. The van der Waals surface area contributed by atoms with Gasteiger partial charge in [-0.15, -0.1) is 11.3 Å². The van der Waals surface area contributed by atoms with Crippen molar-refractivity contribution in [2.24, 2.45) is 0 Å². The third-order valence-corrected chi connectivity index (χ3v) is 4.36. The topological polar surface area (TPSA) is 77.9 Å². The molecule has 2 rings (SSSR count). The van der Waals surface area contributed by atoms with Crippen molar-refractivity contribution in [1.29, 1.82) is 0 Å². The van der Waals surface area contributed by atoms with Gasteiger partial charge in [-0.1, -0.05) is 41.9 Å². The van der Waals surface area contributed by atoms with E-state index in [9.17, 15) is 9.18 Å². The van der Waals surface area contributed by atoms with Crippen LogP contribution in [0.4, 0.5) is 4.39 Å². The summed E-state index contributed by atoms with van der Waals surface area (Å²) in [6, 6.07) is 9.75. The minimum atomic E-state index is -2.73. The molecular formula is C17H19ClFNO5S. The molecule has 142 valence electrons. The van der Waals surface area contributed by atoms with Crippen LogP contribution in [-0.2, 0) is 31.3 Å². The first-order valence-electron chi connectivity index (χ1n) is 7.83. The first kappa shape index (κ1) is 20.7. The fraction of sp³-hybridized carbons (Fsp3) is 0.412. The van der Waals surface area contributed by atoms with Gasteiger partial charge in [0.1, 0.15) is 5.69 Å². The number of carboxylic acids is 1. The quantitative estimate of drug-likeness (QED) is 0.548. The number of aliphatic carboxylic acids is 1. The molecule has 1 atom stereocenters. The summed E-state index contributed by atoms with van der Waals surface area (Å²) in [5.41, 5.74) is -1.93. The summed E-state index contributed by atoms with van der Waals surface area (Å²) < 4.78 is 30.5. The molecule has 9 heteroatoms. The smallest absolute Gasteiger partial charge is 0.350 e. The summed E-state index contributed by atoms with van der Waals surface area (Å²) in [6.07, 6.45) is 0. The zero-order chi connectivity index (χ0) is 18.8. The molecule has 0 saturated carbocycles. The van der Waals surface area contributed by atoms with E-state index in [0.29, 0.717) is 19.8 Å². The molecule has 0 aliphatic heterocycles. The van der Waals surface area contributed by atoms with Crippen molar-refractivity contribution in [2.75, 3.05) is 33.0 Å². The Morgan fingerprint density at radius 2 is 1.81 bits per heavy atom. The number of rotatable bonds is 12. The van der Waals surface area contributed by atoms with Crippen LogP contribution in [0.5, 0.6) is 0 Å². The van der Waals surface area contributed by atoms with Crippen LogP contribution in [0.25, 0.3) is 0 Å². The molecule has 1 N–H and O–H groups in total. The van der Waals surface area contributed by atoms with E-state index in [0.717, 1.165) is 16.9 Å². The maximum atomic E-state index is 14.6. The first-order valence-corrected chi connectivity index (χ1v) is 9.09. The maximum absolute atomic E-state index is 14.6. The molecule has 1 heterocycles.